The van der Waals surface area contributed by atoms with Crippen molar-refractivity contribution in [3.05, 3.63) is 94.9 Å². The number of unbranched alkanes of at least 4 members (excludes halogenated alkanes) is 2. The molecule has 4 rings (SSSR count). The number of nitrogens with one attached hydrogen (secondary N) is 1. The first-order chi connectivity index (χ1) is 23.2. The van der Waals surface area contributed by atoms with Gasteiger partial charge in [0, 0.05) is 11.0 Å². The number of benzene rings is 2. The second kappa shape index (κ2) is 20.1. The second-order valence-corrected chi connectivity index (χ2v) is 15.8. The maximum atomic E-state index is 13.6. The molecule has 0 aliphatic carbocycles. The van der Waals surface area contributed by atoms with Gasteiger partial charge >= 0.3 is 0 Å². The number of fused-ring (bicyclic) bond motifs is 1. The molecular weight excluding hydrogens is 657 g/mol. The van der Waals surface area contributed by atoms with Crippen molar-refractivity contribution in [3.63, 3.8) is 0 Å². The number of allylic oxidation sites excluding steroid dienone is 1. The molecule has 2 aromatic rings. The van der Waals surface area contributed by atoms with Crippen molar-refractivity contribution in [2.24, 2.45) is 11.8 Å². The molecule has 0 radical (unpaired) electrons. The number of carbonyl (C=O) groups excluding carboxylic acids is 4. The minimum atomic E-state index is -0.665. The van der Waals surface area contributed by atoms with Crippen molar-refractivity contribution in [3.8, 4) is 0 Å². The number of thioether (sulfide) groups is 2. The van der Waals surface area contributed by atoms with Gasteiger partial charge in [-0.05, 0) is 111 Å². The summed E-state index contributed by atoms with van der Waals surface area (Å²) in [4.78, 5) is 50.2. The number of nitrogens with zero attached hydrogens (tertiary/aromatic N) is 1. The van der Waals surface area contributed by atoms with E-state index in [-0.39, 0.29) is 23.6 Å². The molecule has 9 heteroatoms. The molecule has 4 unspecified atom stereocenters. The van der Waals surface area contributed by atoms with Crippen molar-refractivity contribution >= 4 is 60.7 Å². The van der Waals surface area contributed by atoms with Gasteiger partial charge in [0.25, 0.3) is 5.91 Å². The van der Waals surface area contributed by atoms with Crippen LogP contribution in [-0.4, -0.2) is 52.4 Å². The first-order valence-corrected chi connectivity index (χ1v) is 19.8. The van der Waals surface area contributed by atoms with E-state index in [4.69, 9.17) is 4.79 Å². The van der Waals surface area contributed by atoms with Gasteiger partial charge in [0.15, 0.2) is 0 Å². The van der Waals surface area contributed by atoms with Crippen LogP contribution >= 0.6 is 36.2 Å². The molecule has 0 spiro atoms. The zero-order valence-corrected chi connectivity index (χ0v) is 31.2. The van der Waals surface area contributed by atoms with Crippen LogP contribution < -0.4 is 5.32 Å². The Morgan fingerprint density at radius 3 is 2.23 bits per heavy atom. The average Bonchev–Trinajstić information content (AvgIpc) is 3.57. The lowest BCUT2D eigenvalue weighted by atomic mass is 9.82. The second-order valence-electron chi connectivity index (χ2n) is 13.0. The van der Waals surface area contributed by atoms with Gasteiger partial charge in [0.05, 0.1) is 17.0 Å². The summed E-state index contributed by atoms with van der Waals surface area (Å²) in [5, 5.41) is 3.29. The van der Waals surface area contributed by atoms with E-state index < -0.39 is 11.1 Å². The fourth-order valence-electron chi connectivity index (χ4n) is 6.45. The normalized spacial score (nSPS) is 19.0. The number of thiol groups is 1. The molecular formula is C39H52N2O4S3. The molecule has 3 amide bonds. The Labute approximate surface area is 301 Å². The standard InChI is InChI=1S/C38H50N2O3S3.CH2O/c1-29(20-24-44)18-19-34(41)39-37(2,30-14-6-4-7-15-30)22-10-12-25-45-26-13-11-23-38(3,31-16-8-5-9-17-31)40-35(42)28-33-32(36(40)43)21-27-46-33;1-2/h4-9,14-19,28-29,32,44H,10-13,20-27H2,1-3H3,(H,39,41);1H2/b19-18-;. The minimum absolute atomic E-state index is 0.0361. The van der Waals surface area contributed by atoms with Gasteiger partial charge in [-0.1, -0.05) is 73.7 Å². The fraction of sp³-hybridized carbons (Fsp3) is 0.487. The predicted octanol–water partition coefficient (Wildman–Crippen LogP) is 8.34. The van der Waals surface area contributed by atoms with E-state index >= 15 is 0 Å². The molecule has 1 fully saturated rings. The van der Waals surface area contributed by atoms with E-state index in [1.165, 1.54) is 0 Å². The van der Waals surface area contributed by atoms with Crippen LogP contribution in [0.3, 0.4) is 0 Å². The van der Waals surface area contributed by atoms with Gasteiger partial charge in [-0.15, -0.1) is 11.8 Å². The van der Waals surface area contributed by atoms with Crippen LogP contribution in [0.15, 0.2) is 83.8 Å². The van der Waals surface area contributed by atoms with Gasteiger partial charge in [-0.3, -0.25) is 19.3 Å². The van der Waals surface area contributed by atoms with Crippen LogP contribution in [0, 0.1) is 11.8 Å². The summed E-state index contributed by atoms with van der Waals surface area (Å²) >= 11 is 7.91. The summed E-state index contributed by atoms with van der Waals surface area (Å²) in [6, 6.07) is 20.3. The summed E-state index contributed by atoms with van der Waals surface area (Å²) in [6.07, 6.45) is 12.8. The molecule has 2 aliphatic heterocycles. The van der Waals surface area contributed by atoms with E-state index in [0.29, 0.717) is 5.92 Å². The predicted molar refractivity (Wildman–Crippen MR) is 205 cm³/mol. The maximum absolute atomic E-state index is 13.6. The summed E-state index contributed by atoms with van der Waals surface area (Å²) in [5.41, 5.74) is 1.04. The maximum Gasteiger partial charge on any atom is 0.254 e. The highest BCUT2D eigenvalue weighted by molar-refractivity contribution is 8.03. The van der Waals surface area contributed by atoms with Crippen molar-refractivity contribution in [1.82, 2.24) is 10.2 Å². The summed E-state index contributed by atoms with van der Waals surface area (Å²) in [6.45, 7) is 8.29. The number of hydrogen-bond donors (Lipinski definition) is 2. The van der Waals surface area contributed by atoms with E-state index in [9.17, 15) is 14.4 Å². The minimum Gasteiger partial charge on any atom is -0.343 e. The molecule has 2 aliphatic rings. The van der Waals surface area contributed by atoms with E-state index in [1.54, 1.807) is 28.8 Å². The topological polar surface area (TPSA) is 83.6 Å². The van der Waals surface area contributed by atoms with Crippen LogP contribution in [0.25, 0.3) is 0 Å². The molecule has 48 heavy (non-hydrogen) atoms. The number of carbonyl (C=O) groups is 4. The van der Waals surface area contributed by atoms with Gasteiger partial charge < -0.3 is 10.1 Å². The molecule has 0 bridgehead atoms. The zero-order chi connectivity index (χ0) is 35.0. The lowest BCUT2D eigenvalue weighted by Gasteiger charge is -2.43. The monoisotopic (exact) mass is 708 g/mol. The van der Waals surface area contributed by atoms with E-state index in [1.807, 2.05) is 73.2 Å². The third-order valence-corrected chi connectivity index (χ3v) is 11.9. The molecule has 260 valence electrons. The molecule has 2 aromatic carbocycles. The van der Waals surface area contributed by atoms with Crippen LogP contribution in [0.5, 0.6) is 0 Å². The average molecular weight is 709 g/mol. The van der Waals surface area contributed by atoms with Crippen molar-refractivity contribution < 1.29 is 19.2 Å². The van der Waals surface area contributed by atoms with Crippen molar-refractivity contribution in [1.29, 1.82) is 0 Å². The Hall–Kier alpha value is -2.75. The number of hydrogen-bond acceptors (Lipinski definition) is 7. The summed E-state index contributed by atoms with van der Waals surface area (Å²) < 4.78 is 0. The molecule has 1 N–H and O–H groups in total. The highest BCUT2D eigenvalue weighted by Crippen LogP contribution is 2.44. The van der Waals surface area contributed by atoms with Crippen LogP contribution in [-0.2, 0) is 30.3 Å². The lowest BCUT2D eigenvalue weighted by molar-refractivity contribution is -0.153. The largest absolute Gasteiger partial charge is 0.343 e. The number of rotatable bonds is 18. The summed E-state index contributed by atoms with van der Waals surface area (Å²) in [7, 11) is 0. The highest BCUT2D eigenvalue weighted by Gasteiger charge is 2.47. The molecule has 4 atom stereocenters. The molecule has 2 heterocycles. The van der Waals surface area contributed by atoms with Crippen LogP contribution in [0.2, 0.25) is 0 Å². The van der Waals surface area contributed by atoms with Gasteiger partial charge in [0.2, 0.25) is 11.8 Å². The van der Waals surface area contributed by atoms with Gasteiger partial charge in [0.1, 0.15) is 6.79 Å². The van der Waals surface area contributed by atoms with E-state index in [2.05, 4.69) is 50.8 Å². The Morgan fingerprint density at radius 1 is 1.00 bits per heavy atom. The van der Waals surface area contributed by atoms with Gasteiger partial charge in [-0.2, -0.15) is 24.4 Å². The summed E-state index contributed by atoms with van der Waals surface area (Å²) in [5.74, 6) is 3.69. The van der Waals surface area contributed by atoms with E-state index in [0.717, 1.165) is 90.4 Å². The fourth-order valence-corrected chi connectivity index (χ4v) is 9.07. The zero-order valence-electron chi connectivity index (χ0n) is 28.7. The third kappa shape index (κ3) is 10.9. The smallest absolute Gasteiger partial charge is 0.254 e. The molecule has 1 saturated heterocycles. The van der Waals surface area contributed by atoms with Gasteiger partial charge in [-0.25, -0.2) is 0 Å². The SMILES string of the molecule is C=O.CC(/C=C\C(=O)NC(C)(CCCCSCCCCC(C)(c1ccccc1)N1C(=O)C=C2SCCC2C1=O)c1ccccc1)CCS. The molecule has 0 saturated carbocycles. The van der Waals surface area contributed by atoms with Crippen LogP contribution in [0.4, 0.5) is 0 Å². The highest BCUT2D eigenvalue weighted by atomic mass is 32.2. The third-order valence-electron chi connectivity index (χ3n) is 9.30. The Morgan fingerprint density at radius 2 is 1.60 bits per heavy atom. The van der Waals surface area contributed by atoms with Crippen LogP contribution in [0.1, 0.15) is 83.3 Å². The number of amides is 3. The Bertz CT molecular complexity index is 1390. The van der Waals surface area contributed by atoms with Crippen molar-refractivity contribution in [2.45, 2.75) is 83.2 Å². The molecule has 0 aromatic heterocycles. The molecule has 6 nitrogen and oxygen atoms in total. The lowest BCUT2D eigenvalue weighted by Crippen LogP contribution is -2.54. The Kier molecular flexibility index (Phi) is 16.6. The quantitative estimate of drug-likeness (QED) is 0.0702. The number of imide groups is 1. The van der Waals surface area contributed by atoms with Crippen molar-refractivity contribution in [2.75, 3.05) is 23.0 Å². The first-order valence-electron chi connectivity index (χ1n) is 17.0. The Balaban J connectivity index is 0.00000307. The first kappa shape index (κ1) is 39.7.